The third-order valence-electron chi connectivity index (χ3n) is 7.32. The van der Waals surface area contributed by atoms with Crippen molar-refractivity contribution in [2.24, 2.45) is 5.92 Å². The molecule has 5 rings (SSSR count). The van der Waals surface area contributed by atoms with Gasteiger partial charge in [0.15, 0.2) is 0 Å². The predicted molar refractivity (Wildman–Crippen MR) is 141 cm³/mol. The minimum atomic E-state index is -0.729. The molecule has 194 valence electrons. The standard InChI is InChI=1S/C29H34N4O4/c1-17(2)15-23(27(34)30-13-8-14-37-3)32-28(35)24-16-21-18-9-6-7-12-22(18)31-25(21)26-19-10-4-5-11-20(19)29(36)33(24)26/h4-7,9-12,17,23-24,26,31H,8,13-16H2,1-3H3,(H,30,34)(H,32,35)/t23-,24+,26+/m0/s1. The van der Waals surface area contributed by atoms with Crippen molar-refractivity contribution in [3.8, 4) is 0 Å². The zero-order chi connectivity index (χ0) is 26.1. The molecule has 0 unspecified atom stereocenters. The lowest BCUT2D eigenvalue weighted by molar-refractivity contribution is -0.132. The molecule has 0 radical (unpaired) electrons. The van der Waals surface area contributed by atoms with Gasteiger partial charge in [-0.05, 0) is 42.0 Å². The summed E-state index contributed by atoms with van der Waals surface area (Å²) in [5.41, 5.74) is 4.50. The number of benzene rings is 2. The van der Waals surface area contributed by atoms with E-state index in [1.54, 1.807) is 12.0 Å². The van der Waals surface area contributed by atoms with Crippen LogP contribution in [0.5, 0.6) is 0 Å². The van der Waals surface area contributed by atoms with Crippen molar-refractivity contribution in [3.63, 3.8) is 0 Å². The van der Waals surface area contributed by atoms with Gasteiger partial charge in [0, 0.05) is 48.8 Å². The molecule has 0 saturated carbocycles. The first-order valence-electron chi connectivity index (χ1n) is 13.0. The maximum absolute atomic E-state index is 13.9. The highest BCUT2D eigenvalue weighted by Gasteiger charge is 2.49. The van der Waals surface area contributed by atoms with E-state index in [9.17, 15) is 14.4 Å². The van der Waals surface area contributed by atoms with E-state index >= 15 is 0 Å². The monoisotopic (exact) mass is 502 g/mol. The molecule has 3 N–H and O–H groups in total. The Labute approximate surface area is 216 Å². The SMILES string of the molecule is COCCCNC(=O)[C@H](CC(C)C)NC(=O)[C@H]1Cc2c([nH]c3ccccc23)[C@H]2c3ccccc3C(=O)N21. The molecule has 0 aliphatic carbocycles. The Morgan fingerprint density at radius 1 is 1.14 bits per heavy atom. The normalized spacial score (nSPS) is 18.9. The Hall–Kier alpha value is -3.65. The Bertz CT molecular complexity index is 1330. The number of nitrogens with one attached hydrogen (secondary N) is 3. The summed E-state index contributed by atoms with van der Waals surface area (Å²) >= 11 is 0. The van der Waals surface area contributed by atoms with Crippen molar-refractivity contribution >= 4 is 28.6 Å². The zero-order valence-electron chi connectivity index (χ0n) is 21.5. The van der Waals surface area contributed by atoms with E-state index in [0.717, 1.165) is 27.7 Å². The minimum absolute atomic E-state index is 0.158. The number of amides is 3. The van der Waals surface area contributed by atoms with Crippen molar-refractivity contribution < 1.29 is 19.1 Å². The number of hydrogen-bond donors (Lipinski definition) is 3. The van der Waals surface area contributed by atoms with Crippen molar-refractivity contribution in [1.29, 1.82) is 0 Å². The van der Waals surface area contributed by atoms with Crippen LogP contribution in [0.1, 0.15) is 59.9 Å². The molecule has 1 aromatic heterocycles. The lowest BCUT2D eigenvalue weighted by atomic mass is 9.89. The zero-order valence-corrected chi connectivity index (χ0v) is 21.5. The summed E-state index contributed by atoms with van der Waals surface area (Å²) in [7, 11) is 1.62. The Kier molecular flexibility index (Phi) is 7.02. The van der Waals surface area contributed by atoms with Crippen LogP contribution in [0.25, 0.3) is 10.9 Å². The van der Waals surface area contributed by atoms with E-state index in [1.807, 2.05) is 62.4 Å². The second-order valence-electron chi connectivity index (χ2n) is 10.3. The first kappa shape index (κ1) is 25.0. The number of ether oxygens (including phenoxy) is 1. The Morgan fingerprint density at radius 3 is 2.68 bits per heavy atom. The molecule has 0 saturated heterocycles. The van der Waals surface area contributed by atoms with Gasteiger partial charge in [0.2, 0.25) is 11.8 Å². The smallest absolute Gasteiger partial charge is 0.255 e. The molecule has 2 aliphatic rings. The van der Waals surface area contributed by atoms with Gasteiger partial charge in [0.1, 0.15) is 12.1 Å². The van der Waals surface area contributed by atoms with E-state index < -0.39 is 12.1 Å². The molecular weight excluding hydrogens is 468 g/mol. The molecule has 2 aromatic carbocycles. The molecule has 3 aromatic rings. The molecular formula is C29H34N4O4. The predicted octanol–water partition coefficient (Wildman–Crippen LogP) is 3.32. The summed E-state index contributed by atoms with van der Waals surface area (Å²) in [5, 5.41) is 6.98. The number of nitrogens with zero attached hydrogens (tertiary/aromatic N) is 1. The molecule has 0 spiro atoms. The Balaban J connectivity index is 1.47. The first-order valence-corrected chi connectivity index (χ1v) is 13.0. The number of fused-ring (bicyclic) bond motifs is 7. The van der Waals surface area contributed by atoms with Gasteiger partial charge in [-0.3, -0.25) is 14.4 Å². The molecule has 0 fully saturated rings. The molecule has 2 aliphatic heterocycles. The van der Waals surface area contributed by atoms with Crippen molar-refractivity contribution in [2.45, 2.75) is 51.2 Å². The maximum atomic E-state index is 13.9. The second kappa shape index (κ2) is 10.4. The van der Waals surface area contributed by atoms with Crippen LogP contribution < -0.4 is 10.6 Å². The van der Waals surface area contributed by atoms with Crippen LogP contribution in [0, 0.1) is 5.92 Å². The van der Waals surface area contributed by atoms with Gasteiger partial charge in [-0.1, -0.05) is 50.2 Å². The highest BCUT2D eigenvalue weighted by Crippen LogP contribution is 2.46. The van der Waals surface area contributed by atoms with Gasteiger partial charge in [0.05, 0.1) is 6.04 Å². The fraction of sp³-hybridized carbons (Fsp3) is 0.414. The molecule has 3 heterocycles. The van der Waals surface area contributed by atoms with Crippen LogP contribution in [0.15, 0.2) is 48.5 Å². The molecule has 8 heteroatoms. The minimum Gasteiger partial charge on any atom is -0.385 e. The van der Waals surface area contributed by atoms with Crippen molar-refractivity contribution in [2.75, 3.05) is 20.3 Å². The van der Waals surface area contributed by atoms with Crippen molar-refractivity contribution in [3.05, 3.63) is 70.9 Å². The molecule has 3 atom stereocenters. The number of hydrogen-bond acceptors (Lipinski definition) is 4. The van der Waals surface area contributed by atoms with Crippen LogP contribution in [-0.4, -0.2) is 60.0 Å². The third-order valence-corrected chi connectivity index (χ3v) is 7.32. The van der Waals surface area contributed by atoms with E-state index in [4.69, 9.17) is 4.74 Å². The fourth-order valence-electron chi connectivity index (χ4n) is 5.66. The lowest BCUT2D eigenvalue weighted by Crippen LogP contribution is -2.56. The maximum Gasteiger partial charge on any atom is 0.255 e. The summed E-state index contributed by atoms with van der Waals surface area (Å²) in [5.74, 6) is -0.476. The Morgan fingerprint density at radius 2 is 1.89 bits per heavy atom. The van der Waals surface area contributed by atoms with Crippen LogP contribution in [-0.2, 0) is 20.7 Å². The highest BCUT2D eigenvalue weighted by atomic mass is 16.5. The topological polar surface area (TPSA) is 104 Å². The summed E-state index contributed by atoms with van der Waals surface area (Å²) in [4.78, 5) is 45.7. The van der Waals surface area contributed by atoms with E-state index in [-0.39, 0.29) is 29.7 Å². The summed E-state index contributed by atoms with van der Waals surface area (Å²) < 4.78 is 5.06. The molecule has 8 nitrogen and oxygen atoms in total. The quantitative estimate of drug-likeness (QED) is 0.391. The third kappa shape index (κ3) is 4.62. The van der Waals surface area contributed by atoms with Crippen molar-refractivity contribution in [1.82, 2.24) is 20.5 Å². The number of carbonyl (C=O) groups is 3. The van der Waals surface area contributed by atoms with Gasteiger partial charge in [0.25, 0.3) is 5.91 Å². The van der Waals surface area contributed by atoms with Crippen LogP contribution in [0.3, 0.4) is 0 Å². The summed E-state index contributed by atoms with van der Waals surface area (Å²) in [6.45, 7) is 5.07. The number of H-pyrrole nitrogens is 1. The molecule has 0 bridgehead atoms. The molecule has 37 heavy (non-hydrogen) atoms. The van der Waals surface area contributed by atoms with Crippen LogP contribution in [0.2, 0.25) is 0 Å². The van der Waals surface area contributed by atoms with Gasteiger partial charge in [-0.15, -0.1) is 0 Å². The first-order chi connectivity index (χ1) is 17.9. The number of para-hydroxylation sites is 1. The average Bonchev–Trinajstić information content (AvgIpc) is 3.41. The van der Waals surface area contributed by atoms with E-state index in [2.05, 4.69) is 15.6 Å². The summed E-state index contributed by atoms with van der Waals surface area (Å²) in [6, 6.07) is 13.8. The van der Waals surface area contributed by atoms with Gasteiger partial charge >= 0.3 is 0 Å². The number of rotatable bonds is 9. The largest absolute Gasteiger partial charge is 0.385 e. The van der Waals surface area contributed by atoms with Gasteiger partial charge in [-0.2, -0.15) is 0 Å². The molecule has 3 amide bonds. The lowest BCUT2D eigenvalue weighted by Gasteiger charge is -2.37. The van der Waals surface area contributed by atoms with Gasteiger partial charge < -0.3 is 25.3 Å². The van der Waals surface area contributed by atoms with E-state index in [1.165, 1.54) is 0 Å². The fourth-order valence-corrected chi connectivity index (χ4v) is 5.66. The number of aromatic amines is 1. The number of carbonyl (C=O) groups excluding carboxylic acids is 3. The number of aromatic nitrogens is 1. The second-order valence-corrected chi connectivity index (χ2v) is 10.3. The average molecular weight is 503 g/mol. The summed E-state index contributed by atoms with van der Waals surface area (Å²) in [6.07, 6.45) is 1.58. The number of methoxy groups -OCH3 is 1. The van der Waals surface area contributed by atoms with Gasteiger partial charge in [-0.25, -0.2) is 0 Å². The highest BCUT2D eigenvalue weighted by molar-refractivity contribution is 6.04. The van der Waals surface area contributed by atoms with E-state index in [0.29, 0.717) is 38.0 Å². The van der Waals surface area contributed by atoms with Crippen LogP contribution in [0.4, 0.5) is 0 Å². The van der Waals surface area contributed by atoms with Crippen LogP contribution >= 0.6 is 0 Å².